The molecule has 0 spiro atoms. The van der Waals surface area contributed by atoms with Crippen molar-refractivity contribution in [2.24, 2.45) is 0 Å². The van der Waals surface area contributed by atoms with Gasteiger partial charge in [-0.05, 0) is 31.9 Å². The van der Waals surface area contributed by atoms with E-state index in [1.165, 1.54) is 16.5 Å². The van der Waals surface area contributed by atoms with Gasteiger partial charge in [0.1, 0.15) is 0 Å². The molecule has 8 heteroatoms. The van der Waals surface area contributed by atoms with E-state index in [2.05, 4.69) is 27.3 Å². The second kappa shape index (κ2) is 7.94. The van der Waals surface area contributed by atoms with Crippen LogP contribution in [0.3, 0.4) is 0 Å². The standard InChI is InChI=1S/C18H20N4OS3/c1-12-10-24-18(19-12)25-11-16(23)20-13-5-4-8-22(9-13)17-21-14-6-2-3-7-15(14)26-17/h2-3,6-7,10,13H,4-5,8-9,11H2,1H3,(H,20,23). The molecule has 1 aromatic carbocycles. The number of nitrogens with one attached hydrogen (secondary N) is 1. The van der Waals surface area contributed by atoms with Crippen LogP contribution in [-0.2, 0) is 4.79 Å². The van der Waals surface area contributed by atoms with Gasteiger partial charge in [-0.15, -0.1) is 11.3 Å². The van der Waals surface area contributed by atoms with E-state index in [1.807, 2.05) is 24.4 Å². The molecule has 0 aliphatic carbocycles. The highest BCUT2D eigenvalue weighted by Gasteiger charge is 2.23. The van der Waals surface area contributed by atoms with Crippen molar-refractivity contribution in [2.75, 3.05) is 23.7 Å². The monoisotopic (exact) mass is 404 g/mol. The SMILES string of the molecule is Cc1csc(SCC(=O)NC2CCCN(c3nc4ccccc4s3)C2)n1. The number of rotatable bonds is 5. The van der Waals surface area contributed by atoms with E-state index in [-0.39, 0.29) is 11.9 Å². The molecular formula is C18H20N4OS3. The normalized spacial score (nSPS) is 17.6. The molecule has 1 saturated heterocycles. The van der Waals surface area contributed by atoms with Crippen LogP contribution in [0.1, 0.15) is 18.5 Å². The van der Waals surface area contributed by atoms with E-state index in [9.17, 15) is 4.79 Å². The Labute approximate surface area is 164 Å². The molecule has 1 amide bonds. The molecule has 26 heavy (non-hydrogen) atoms. The Kier molecular flexibility index (Phi) is 5.42. The highest BCUT2D eigenvalue weighted by molar-refractivity contribution is 8.01. The van der Waals surface area contributed by atoms with Gasteiger partial charge in [0, 0.05) is 30.2 Å². The lowest BCUT2D eigenvalue weighted by Gasteiger charge is -2.32. The number of aromatic nitrogens is 2. The lowest BCUT2D eigenvalue weighted by atomic mass is 10.1. The first-order valence-corrected chi connectivity index (χ1v) is 11.3. The van der Waals surface area contributed by atoms with Crippen molar-refractivity contribution < 1.29 is 4.79 Å². The van der Waals surface area contributed by atoms with Gasteiger partial charge in [0.25, 0.3) is 0 Å². The molecule has 0 bridgehead atoms. The predicted octanol–water partition coefficient (Wildman–Crippen LogP) is 3.94. The number of carbonyl (C=O) groups is 1. The van der Waals surface area contributed by atoms with Crippen molar-refractivity contribution in [1.82, 2.24) is 15.3 Å². The molecule has 1 unspecified atom stereocenters. The Morgan fingerprint density at radius 2 is 2.27 bits per heavy atom. The summed E-state index contributed by atoms with van der Waals surface area (Å²) in [6, 6.07) is 8.41. The second-order valence-electron chi connectivity index (χ2n) is 6.36. The Morgan fingerprint density at radius 1 is 1.38 bits per heavy atom. The minimum absolute atomic E-state index is 0.0824. The third kappa shape index (κ3) is 4.19. The molecular weight excluding hydrogens is 384 g/mol. The number of aryl methyl sites for hydroxylation is 1. The molecule has 136 valence electrons. The van der Waals surface area contributed by atoms with Gasteiger partial charge in [-0.25, -0.2) is 9.97 Å². The van der Waals surface area contributed by atoms with Crippen LogP contribution in [0.25, 0.3) is 10.2 Å². The number of anilines is 1. The fourth-order valence-electron chi connectivity index (χ4n) is 3.06. The Bertz CT molecular complexity index is 874. The molecule has 1 fully saturated rings. The fourth-order valence-corrected chi connectivity index (χ4v) is 5.72. The maximum absolute atomic E-state index is 12.3. The van der Waals surface area contributed by atoms with Crippen LogP contribution in [0.4, 0.5) is 5.13 Å². The van der Waals surface area contributed by atoms with E-state index in [0.29, 0.717) is 5.75 Å². The van der Waals surface area contributed by atoms with Gasteiger partial charge >= 0.3 is 0 Å². The molecule has 0 radical (unpaired) electrons. The average Bonchev–Trinajstić information content (AvgIpc) is 3.26. The van der Waals surface area contributed by atoms with Crippen molar-refractivity contribution in [3.63, 3.8) is 0 Å². The smallest absolute Gasteiger partial charge is 0.230 e. The first kappa shape index (κ1) is 17.8. The number of fused-ring (bicyclic) bond motifs is 1. The molecule has 1 aliphatic rings. The molecule has 1 aliphatic heterocycles. The van der Waals surface area contributed by atoms with Crippen molar-refractivity contribution in [2.45, 2.75) is 30.1 Å². The Morgan fingerprint density at radius 3 is 3.08 bits per heavy atom. The minimum atomic E-state index is 0.0824. The zero-order valence-corrected chi connectivity index (χ0v) is 16.9. The first-order valence-electron chi connectivity index (χ1n) is 8.62. The lowest BCUT2D eigenvalue weighted by Crippen LogP contribution is -2.48. The molecule has 3 aromatic rings. The van der Waals surface area contributed by atoms with Gasteiger partial charge in [0.05, 0.1) is 16.0 Å². The van der Waals surface area contributed by atoms with Crippen LogP contribution in [0.15, 0.2) is 34.0 Å². The number of amides is 1. The fraction of sp³-hybridized carbons (Fsp3) is 0.389. The van der Waals surface area contributed by atoms with Crippen molar-refractivity contribution in [3.05, 3.63) is 35.3 Å². The summed E-state index contributed by atoms with van der Waals surface area (Å²) in [5, 5.41) is 6.25. The summed E-state index contributed by atoms with van der Waals surface area (Å²) in [6.07, 6.45) is 2.09. The van der Waals surface area contributed by atoms with Crippen molar-refractivity contribution in [1.29, 1.82) is 0 Å². The van der Waals surface area contributed by atoms with E-state index in [4.69, 9.17) is 4.98 Å². The van der Waals surface area contributed by atoms with Crippen molar-refractivity contribution >= 4 is 55.7 Å². The summed E-state index contributed by atoms with van der Waals surface area (Å²) < 4.78 is 2.17. The summed E-state index contributed by atoms with van der Waals surface area (Å²) in [5.41, 5.74) is 2.06. The summed E-state index contributed by atoms with van der Waals surface area (Å²) >= 11 is 4.83. The zero-order valence-electron chi connectivity index (χ0n) is 14.5. The van der Waals surface area contributed by atoms with Crippen LogP contribution >= 0.6 is 34.4 Å². The van der Waals surface area contributed by atoms with E-state index >= 15 is 0 Å². The minimum Gasteiger partial charge on any atom is -0.351 e. The number of benzene rings is 1. The Balaban J connectivity index is 1.33. The number of hydrogen-bond acceptors (Lipinski definition) is 7. The summed E-state index contributed by atoms with van der Waals surface area (Å²) in [5.74, 6) is 0.504. The number of carbonyl (C=O) groups excluding carboxylic acids is 1. The molecule has 5 nitrogen and oxygen atoms in total. The number of nitrogens with zero attached hydrogens (tertiary/aromatic N) is 3. The van der Waals surface area contributed by atoms with Gasteiger partial charge < -0.3 is 10.2 Å². The maximum atomic E-state index is 12.3. The van der Waals surface area contributed by atoms with Crippen LogP contribution < -0.4 is 10.2 Å². The zero-order chi connectivity index (χ0) is 17.9. The molecule has 4 rings (SSSR count). The average molecular weight is 405 g/mol. The first-order chi connectivity index (χ1) is 12.7. The number of para-hydroxylation sites is 1. The van der Waals surface area contributed by atoms with Gasteiger partial charge in [0.15, 0.2) is 9.47 Å². The van der Waals surface area contributed by atoms with Gasteiger partial charge in [-0.1, -0.05) is 35.2 Å². The van der Waals surface area contributed by atoms with Crippen LogP contribution in [0.5, 0.6) is 0 Å². The molecule has 1 atom stereocenters. The third-order valence-corrected chi connectivity index (χ3v) is 7.50. The number of hydrogen-bond donors (Lipinski definition) is 1. The largest absolute Gasteiger partial charge is 0.351 e. The van der Waals surface area contributed by atoms with Crippen molar-refractivity contribution in [3.8, 4) is 0 Å². The van der Waals surface area contributed by atoms with Crippen LogP contribution in [0.2, 0.25) is 0 Å². The number of thioether (sulfide) groups is 1. The predicted molar refractivity (Wildman–Crippen MR) is 111 cm³/mol. The molecule has 3 heterocycles. The molecule has 1 N–H and O–H groups in total. The quantitative estimate of drug-likeness (QED) is 0.653. The maximum Gasteiger partial charge on any atom is 0.230 e. The van der Waals surface area contributed by atoms with Gasteiger partial charge in [0.2, 0.25) is 5.91 Å². The topological polar surface area (TPSA) is 58.1 Å². The van der Waals surface area contributed by atoms with E-state index in [0.717, 1.165) is 46.6 Å². The van der Waals surface area contributed by atoms with Crippen LogP contribution in [0, 0.1) is 6.92 Å². The van der Waals surface area contributed by atoms with E-state index in [1.54, 1.807) is 22.7 Å². The van der Waals surface area contributed by atoms with Gasteiger partial charge in [-0.2, -0.15) is 0 Å². The van der Waals surface area contributed by atoms with Gasteiger partial charge in [-0.3, -0.25) is 4.79 Å². The summed E-state index contributed by atoms with van der Waals surface area (Å²) in [4.78, 5) is 23.7. The Hall–Kier alpha value is -1.64. The van der Waals surface area contributed by atoms with E-state index < -0.39 is 0 Å². The van der Waals surface area contributed by atoms with Crippen LogP contribution in [-0.4, -0.2) is 40.8 Å². The third-order valence-electron chi connectivity index (χ3n) is 4.26. The highest BCUT2D eigenvalue weighted by atomic mass is 32.2. The molecule has 0 saturated carbocycles. The lowest BCUT2D eigenvalue weighted by molar-refractivity contribution is -0.119. The number of piperidine rings is 1. The second-order valence-corrected chi connectivity index (χ2v) is 9.45. The summed E-state index contributed by atoms with van der Waals surface area (Å²) in [7, 11) is 0. The highest BCUT2D eigenvalue weighted by Crippen LogP contribution is 2.30. The number of thiazole rings is 2. The summed E-state index contributed by atoms with van der Waals surface area (Å²) in [6.45, 7) is 3.80. The molecule has 2 aromatic heterocycles.